The van der Waals surface area contributed by atoms with E-state index in [-0.39, 0.29) is 0 Å². The SMILES string of the molecule is CNc1ncc(Br)c(NC2CC3CCCC(C2)N3C)n1. The molecule has 2 aliphatic heterocycles. The predicted octanol–water partition coefficient (Wildman–Crippen LogP) is 2.71. The van der Waals surface area contributed by atoms with E-state index in [4.69, 9.17) is 0 Å². The van der Waals surface area contributed by atoms with Gasteiger partial charge in [-0.05, 0) is 48.7 Å². The van der Waals surface area contributed by atoms with Gasteiger partial charge in [0.05, 0.1) is 4.47 Å². The fourth-order valence-electron chi connectivity index (χ4n) is 3.52. The summed E-state index contributed by atoms with van der Waals surface area (Å²) in [5.41, 5.74) is 0. The molecule has 0 spiro atoms. The topological polar surface area (TPSA) is 53.1 Å². The third kappa shape index (κ3) is 2.76. The van der Waals surface area contributed by atoms with Gasteiger partial charge in [-0.2, -0.15) is 4.98 Å². The number of piperidine rings is 2. The third-order valence-electron chi connectivity index (χ3n) is 4.65. The zero-order valence-corrected chi connectivity index (χ0v) is 13.7. The van der Waals surface area contributed by atoms with Gasteiger partial charge in [0.25, 0.3) is 0 Å². The molecular formula is C14H22BrN5. The minimum atomic E-state index is 0.511. The maximum atomic E-state index is 4.50. The lowest BCUT2D eigenvalue weighted by molar-refractivity contribution is 0.0608. The van der Waals surface area contributed by atoms with Crippen LogP contribution in [0.5, 0.6) is 0 Å². The van der Waals surface area contributed by atoms with Crippen molar-refractivity contribution in [1.29, 1.82) is 0 Å². The van der Waals surface area contributed by atoms with Gasteiger partial charge in [-0.25, -0.2) is 4.98 Å². The maximum Gasteiger partial charge on any atom is 0.224 e. The number of hydrogen-bond acceptors (Lipinski definition) is 5. The fraction of sp³-hybridized carbons (Fsp3) is 0.714. The molecule has 0 aromatic carbocycles. The Morgan fingerprint density at radius 2 is 2.00 bits per heavy atom. The second-order valence-electron chi connectivity index (χ2n) is 5.86. The molecule has 1 aromatic rings. The van der Waals surface area contributed by atoms with E-state index in [2.05, 4.69) is 48.5 Å². The van der Waals surface area contributed by atoms with E-state index in [0.29, 0.717) is 12.0 Å². The van der Waals surface area contributed by atoms with Crippen molar-refractivity contribution in [1.82, 2.24) is 14.9 Å². The Kier molecular flexibility index (Phi) is 4.12. The van der Waals surface area contributed by atoms with E-state index in [1.807, 2.05) is 7.05 Å². The van der Waals surface area contributed by atoms with Crippen molar-refractivity contribution in [2.75, 3.05) is 24.7 Å². The standard InChI is InChI=1S/C14H22BrN5/c1-16-14-17-8-12(15)13(19-14)18-9-6-10-4-3-5-11(7-9)20(10)2/h8-11H,3-7H2,1-2H3,(H2,16,17,18,19). The molecule has 2 saturated heterocycles. The molecule has 3 rings (SSSR count). The van der Waals surface area contributed by atoms with Crippen LogP contribution in [0.2, 0.25) is 0 Å². The van der Waals surface area contributed by atoms with Gasteiger partial charge in [0.2, 0.25) is 5.95 Å². The molecule has 6 heteroatoms. The molecule has 2 bridgehead atoms. The van der Waals surface area contributed by atoms with E-state index in [0.717, 1.165) is 22.4 Å². The van der Waals surface area contributed by atoms with Gasteiger partial charge in [0.15, 0.2) is 0 Å². The number of halogens is 1. The van der Waals surface area contributed by atoms with Crippen LogP contribution in [0.25, 0.3) is 0 Å². The molecule has 0 saturated carbocycles. The normalized spacial score (nSPS) is 30.1. The van der Waals surface area contributed by atoms with E-state index in [1.54, 1.807) is 6.20 Å². The van der Waals surface area contributed by atoms with Crippen LogP contribution in [0.3, 0.4) is 0 Å². The number of fused-ring (bicyclic) bond motifs is 2. The summed E-state index contributed by atoms with van der Waals surface area (Å²) in [4.78, 5) is 11.3. The Bertz CT molecular complexity index is 467. The van der Waals surface area contributed by atoms with Crippen molar-refractivity contribution >= 4 is 27.7 Å². The number of rotatable bonds is 3. The van der Waals surface area contributed by atoms with E-state index >= 15 is 0 Å². The molecule has 2 aliphatic rings. The molecule has 2 fully saturated rings. The zero-order valence-electron chi connectivity index (χ0n) is 12.1. The van der Waals surface area contributed by atoms with Gasteiger partial charge in [-0.1, -0.05) is 6.42 Å². The third-order valence-corrected chi connectivity index (χ3v) is 5.23. The average molecular weight is 340 g/mol. The van der Waals surface area contributed by atoms with Gasteiger partial charge >= 0.3 is 0 Å². The first kappa shape index (κ1) is 14.1. The van der Waals surface area contributed by atoms with Crippen molar-refractivity contribution in [2.45, 2.75) is 50.2 Å². The highest BCUT2D eigenvalue weighted by molar-refractivity contribution is 9.10. The molecule has 2 atom stereocenters. The van der Waals surface area contributed by atoms with Crippen LogP contribution in [0.15, 0.2) is 10.7 Å². The second kappa shape index (κ2) is 5.85. The highest BCUT2D eigenvalue weighted by Gasteiger charge is 2.36. The Hall–Kier alpha value is -0.880. The summed E-state index contributed by atoms with van der Waals surface area (Å²) in [6, 6.07) is 1.96. The minimum absolute atomic E-state index is 0.511. The molecule has 2 unspecified atom stereocenters. The molecule has 1 aromatic heterocycles. The van der Waals surface area contributed by atoms with Crippen LogP contribution < -0.4 is 10.6 Å². The summed E-state index contributed by atoms with van der Waals surface area (Å²) < 4.78 is 0.931. The predicted molar refractivity (Wildman–Crippen MR) is 85.1 cm³/mol. The highest BCUT2D eigenvalue weighted by Crippen LogP contribution is 2.34. The van der Waals surface area contributed by atoms with Gasteiger partial charge in [0, 0.05) is 31.4 Å². The van der Waals surface area contributed by atoms with Gasteiger partial charge in [0.1, 0.15) is 5.82 Å². The van der Waals surface area contributed by atoms with Gasteiger partial charge in [-0.15, -0.1) is 0 Å². The monoisotopic (exact) mass is 339 g/mol. The molecule has 2 N–H and O–H groups in total. The minimum Gasteiger partial charge on any atom is -0.366 e. The summed E-state index contributed by atoms with van der Waals surface area (Å²) in [5, 5.41) is 6.60. The van der Waals surface area contributed by atoms with Crippen LogP contribution in [-0.4, -0.2) is 47.1 Å². The lowest BCUT2D eigenvalue weighted by Gasteiger charge is -2.47. The Labute approximate surface area is 128 Å². The zero-order chi connectivity index (χ0) is 14.1. The van der Waals surface area contributed by atoms with Crippen molar-refractivity contribution in [3.05, 3.63) is 10.7 Å². The molecule has 20 heavy (non-hydrogen) atoms. The number of nitrogens with one attached hydrogen (secondary N) is 2. The molecular weight excluding hydrogens is 318 g/mol. The summed E-state index contributed by atoms with van der Waals surface area (Å²) in [7, 11) is 4.12. The van der Waals surface area contributed by atoms with E-state index in [9.17, 15) is 0 Å². The highest BCUT2D eigenvalue weighted by atomic mass is 79.9. The smallest absolute Gasteiger partial charge is 0.224 e. The first-order chi connectivity index (χ1) is 9.67. The van der Waals surface area contributed by atoms with Crippen LogP contribution >= 0.6 is 15.9 Å². The lowest BCUT2D eigenvalue weighted by Crippen LogP contribution is -2.52. The first-order valence-corrected chi connectivity index (χ1v) is 8.15. The number of anilines is 2. The fourth-order valence-corrected chi connectivity index (χ4v) is 3.82. The Morgan fingerprint density at radius 1 is 1.30 bits per heavy atom. The molecule has 0 radical (unpaired) electrons. The molecule has 5 nitrogen and oxygen atoms in total. The van der Waals surface area contributed by atoms with Crippen LogP contribution in [0.1, 0.15) is 32.1 Å². The number of nitrogens with zero attached hydrogens (tertiary/aromatic N) is 3. The van der Waals surface area contributed by atoms with Crippen LogP contribution in [-0.2, 0) is 0 Å². The quantitative estimate of drug-likeness (QED) is 0.886. The number of hydrogen-bond donors (Lipinski definition) is 2. The summed E-state index contributed by atoms with van der Waals surface area (Å²) in [6.45, 7) is 0. The molecule has 3 heterocycles. The molecule has 0 aliphatic carbocycles. The Balaban J connectivity index is 1.72. The van der Waals surface area contributed by atoms with Crippen molar-refractivity contribution in [3.63, 3.8) is 0 Å². The summed E-state index contributed by atoms with van der Waals surface area (Å²) >= 11 is 3.53. The summed E-state index contributed by atoms with van der Waals surface area (Å²) in [6.07, 6.45) is 8.26. The second-order valence-corrected chi connectivity index (χ2v) is 6.71. The average Bonchev–Trinajstić information content (AvgIpc) is 2.42. The Morgan fingerprint density at radius 3 is 2.65 bits per heavy atom. The lowest BCUT2D eigenvalue weighted by atomic mass is 9.82. The van der Waals surface area contributed by atoms with Crippen molar-refractivity contribution < 1.29 is 0 Å². The van der Waals surface area contributed by atoms with E-state index in [1.165, 1.54) is 32.1 Å². The van der Waals surface area contributed by atoms with Crippen molar-refractivity contribution in [3.8, 4) is 0 Å². The molecule has 110 valence electrons. The first-order valence-electron chi connectivity index (χ1n) is 7.36. The van der Waals surface area contributed by atoms with E-state index < -0.39 is 0 Å². The van der Waals surface area contributed by atoms with Crippen molar-refractivity contribution in [2.24, 2.45) is 0 Å². The van der Waals surface area contributed by atoms with Gasteiger partial charge in [-0.3, -0.25) is 0 Å². The maximum absolute atomic E-state index is 4.50. The van der Waals surface area contributed by atoms with Crippen LogP contribution in [0.4, 0.5) is 11.8 Å². The number of aromatic nitrogens is 2. The summed E-state index contributed by atoms with van der Waals surface area (Å²) in [5.74, 6) is 1.56. The largest absolute Gasteiger partial charge is 0.366 e. The van der Waals surface area contributed by atoms with Crippen LogP contribution in [0, 0.1) is 0 Å². The molecule has 0 amide bonds. The van der Waals surface area contributed by atoms with Gasteiger partial charge < -0.3 is 15.5 Å².